The van der Waals surface area contributed by atoms with Gasteiger partial charge in [0.1, 0.15) is 5.82 Å². The van der Waals surface area contributed by atoms with Crippen LogP contribution in [0.2, 0.25) is 0 Å². The molecule has 0 saturated carbocycles. The number of benzene rings is 2. The Kier molecular flexibility index (Phi) is 8.27. The lowest BCUT2D eigenvalue weighted by Crippen LogP contribution is -2.48. The number of aliphatic imine (C=N–C) groups is 1. The van der Waals surface area contributed by atoms with Gasteiger partial charge >= 0.3 is 0 Å². The van der Waals surface area contributed by atoms with Crippen LogP contribution in [0.4, 0.5) is 10.1 Å². The van der Waals surface area contributed by atoms with Crippen molar-refractivity contribution in [2.45, 2.75) is 25.4 Å². The molecule has 0 amide bonds. The van der Waals surface area contributed by atoms with Crippen LogP contribution >= 0.6 is 24.0 Å². The summed E-state index contributed by atoms with van der Waals surface area (Å²) in [7, 11) is 1.79. The van der Waals surface area contributed by atoms with E-state index >= 15 is 0 Å². The summed E-state index contributed by atoms with van der Waals surface area (Å²) in [5.41, 5.74) is 3.15. The highest BCUT2D eigenvalue weighted by Crippen LogP contribution is 2.20. The zero-order chi connectivity index (χ0) is 20.8. The van der Waals surface area contributed by atoms with Crippen molar-refractivity contribution in [2.24, 2.45) is 4.99 Å². The summed E-state index contributed by atoms with van der Waals surface area (Å²) in [5, 5.41) is 11.2. The van der Waals surface area contributed by atoms with Crippen LogP contribution < -0.4 is 15.5 Å². The maximum Gasteiger partial charge on any atom is 0.191 e. The van der Waals surface area contributed by atoms with Gasteiger partial charge in [-0.1, -0.05) is 18.2 Å². The van der Waals surface area contributed by atoms with Crippen molar-refractivity contribution >= 4 is 35.6 Å². The van der Waals surface area contributed by atoms with Gasteiger partial charge in [0.15, 0.2) is 5.96 Å². The Labute approximate surface area is 199 Å². The van der Waals surface area contributed by atoms with Gasteiger partial charge in [0.2, 0.25) is 0 Å². The third-order valence-electron chi connectivity index (χ3n) is 5.37. The van der Waals surface area contributed by atoms with Crippen LogP contribution in [0.1, 0.15) is 18.4 Å². The topological polar surface area (TPSA) is 57.5 Å². The van der Waals surface area contributed by atoms with Gasteiger partial charge in [-0.05, 0) is 54.8 Å². The average molecular weight is 534 g/mol. The highest BCUT2D eigenvalue weighted by Gasteiger charge is 2.20. The molecule has 0 spiro atoms. The van der Waals surface area contributed by atoms with Gasteiger partial charge in [0.05, 0.1) is 5.69 Å². The van der Waals surface area contributed by atoms with Gasteiger partial charge in [-0.25, -0.2) is 9.07 Å². The fourth-order valence-electron chi connectivity index (χ4n) is 3.76. The molecule has 6 nitrogen and oxygen atoms in total. The number of guanidine groups is 1. The number of piperidine rings is 1. The van der Waals surface area contributed by atoms with E-state index in [9.17, 15) is 4.39 Å². The van der Waals surface area contributed by atoms with Crippen molar-refractivity contribution in [3.63, 3.8) is 0 Å². The molecule has 3 aromatic rings. The molecular formula is C23H28FIN6. The smallest absolute Gasteiger partial charge is 0.191 e. The van der Waals surface area contributed by atoms with E-state index in [1.807, 2.05) is 35.1 Å². The SMILES string of the molecule is CN=C(NCc1cccc(-n2cccn2)c1)NC1CCN(c2cccc(F)c2)CC1.I. The normalized spacial score (nSPS) is 14.8. The zero-order valence-electron chi connectivity index (χ0n) is 17.5. The summed E-state index contributed by atoms with van der Waals surface area (Å²) in [6.07, 6.45) is 5.66. The number of hydrogen-bond donors (Lipinski definition) is 2. The second-order valence-corrected chi connectivity index (χ2v) is 7.43. The first-order valence-corrected chi connectivity index (χ1v) is 10.3. The van der Waals surface area contributed by atoms with Crippen LogP contribution in [0.5, 0.6) is 0 Å². The molecule has 8 heteroatoms. The minimum absolute atomic E-state index is 0. The fraction of sp³-hybridized carbons (Fsp3) is 0.304. The lowest BCUT2D eigenvalue weighted by molar-refractivity contribution is 0.461. The van der Waals surface area contributed by atoms with Crippen molar-refractivity contribution in [2.75, 3.05) is 25.0 Å². The summed E-state index contributed by atoms with van der Waals surface area (Å²) in [6, 6.07) is 17.4. The van der Waals surface area contributed by atoms with E-state index in [1.165, 1.54) is 6.07 Å². The molecule has 0 aliphatic carbocycles. The third-order valence-corrected chi connectivity index (χ3v) is 5.37. The average Bonchev–Trinajstić information content (AvgIpc) is 3.32. The number of halogens is 2. The molecule has 0 atom stereocenters. The number of aromatic nitrogens is 2. The van der Waals surface area contributed by atoms with Crippen molar-refractivity contribution in [3.8, 4) is 5.69 Å². The maximum absolute atomic E-state index is 13.5. The summed E-state index contributed by atoms with van der Waals surface area (Å²) >= 11 is 0. The Hall–Kier alpha value is -2.62. The van der Waals surface area contributed by atoms with Crippen molar-refractivity contribution in [1.29, 1.82) is 0 Å². The van der Waals surface area contributed by atoms with Gasteiger partial charge in [-0.2, -0.15) is 5.10 Å². The van der Waals surface area contributed by atoms with E-state index in [0.29, 0.717) is 12.6 Å². The monoisotopic (exact) mass is 534 g/mol. The molecule has 1 saturated heterocycles. The van der Waals surface area contributed by atoms with E-state index in [2.05, 4.69) is 37.8 Å². The largest absolute Gasteiger partial charge is 0.371 e. The Morgan fingerprint density at radius 1 is 1.10 bits per heavy atom. The number of rotatable bonds is 5. The Morgan fingerprint density at radius 2 is 1.87 bits per heavy atom. The van der Waals surface area contributed by atoms with Crippen LogP contribution in [0.25, 0.3) is 5.69 Å². The van der Waals surface area contributed by atoms with Crippen LogP contribution in [-0.4, -0.2) is 41.9 Å². The minimum atomic E-state index is -0.186. The molecular weight excluding hydrogens is 506 g/mol. The maximum atomic E-state index is 13.5. The predicted molar refractivity (Wildman–Crippen MR) is 134 cm³/mol. The Balaban J connectivity index is 0.00000272. The molecule has 2 N–H and O–H groups in total. The predicted octanol–water partition coefficient (Wildman–Crippen LogP) is 3.96. The second kappa shape index (κ2) is 11.1. The van der Waals surface area contributed by atoms with Crippen molar-refractivity contribution in [1.82, 2.24) is 20.4 Å². The van der Waals surface area contributed by atoms with Crippen LogP contribution in [0, 0.1) is 5.82 Å². The van der Waals surface area contributed by atoms with Gasteiger partial charge < -0.3 is 15.5 Å². The molecule has 1 aromatic heterocycles. The summed E-state index contributed by atoms with van der Waals surface area (Å²) in [4.78, 5) is 6.61. The highest BCUT2D eigenvalue weighted by molar-refractivity contribution is 14.0. The molecule has 2 aromatic carbocycles. The summed E-state index contributed by atoms with van der Waals surface area (Å²) < 4.78 is 15.3. The van der Waals surface area contributed by atoms with E-state index < -0.39 is 0 Å². The number of hydrogen-bond acceptors (Lipinski definition) is 3. The molecule has 31 heavy (non-hydrogen) atoms. The number of nitrogens with one attached hydrogen (secondary N) is 2. The molecule has 1 aliphatic rings. The van der Waals surface area contributed by atoms with Gasteiger partial charge in [0.25, 0.3) is 0 Å². The van der Waals surface area contributed by atoms with Crippen LogP contribution in [0.3, 0.4) is 0 Å². The van der Waals surface area contributed by atoms with Crippen molar-refractivity contribution < 1.29 is 4.39 Å². The first kappa shape index (κ1) is 23.1. The molecule has 0 unspecified atom stereocenters. The standard InChI is InChI=1S/C23H27FN6.HI/c1-25-23(26-17-18-5-2-8-22(15-18)30-12-4-11-27-30)28-20-9-13-29(14-10-20)21-7-3-6-19(24)16-21;/h2-8,11-12,15-16,20H,9-10,13-14,17H2,1H3,(H2,25,26,28);1H. The first-order chi connectivity index (χ1) is 14.7. The molecule has 1 fully saturated rings. The highest BCUT2D eigenvalue weighted by atomic mass is 127. The number of anilines is 1. The van der Waals surface area contributed by atoms with E-state index in [0.717, 1.165) is 48.8 Å². The Morgan fingerprint density at radius 3 is 2.58 bits per heavy atom. The van der Waals surface area contributed by atoms with Gasteiger partial charge in [-0.15, -0.1) is 24.0 Å². The molecule has 164 valence electrons. The number of nitrogens with zero attached hydrogens (tertiary/aromatic N) is 4. The summed E-state index contributed by atoms with van der Waals surface area (Å²) in [5.74, 6) is 0.609. The van der Waals surface area contributed by atoms with Crippen LogP contribution in [-0.2, 0) is 6.54 Å². The van der Waals surface area contributed by atoms with Gasteiger partial charge in [0, 0.05) is 50.8 Å². The van der Waals surface area contributed by atoms with Gasteiger partial charge in [-0.3, -0.25) is 4.99 Å². The van der Waals surface area contributed by atoms with E-state index in [4.69, 9.17) is 0 Å². The molecule has 4 rings (SSSR count). The quantitative estimate of drug-likeness (QED) is 0.296. The Bertz CT molecular complexity index is 983. The lowest BCUT2D eigenvalue weighted by atomic mass is 10.0. The molecule has 0 bridgehead atoms. The molecule has 2 heterocycles. The van der Waals surface area contributed by atoms with E-state index in [-0.39, 0.29) is 29.8 Å². The lowest BCUT2D eigenvalue weighted by Gasteiger charge is -2.34. The zero-order valence-corrected chi connectivity index (χ0v) is 19.9. The van der Waals surface area contributed by atoms with Crippen molar-refractivity contribution in [3.05, 3.63) is 78.4 Å². The van der Waals surface area contributed by atoms with E-state index in [1.54, 1.807) is 25.4 Å². The molecule has 0 radical (unpaired) electrons. The minimum Gasteiger partial charge on any atom is -0.371 e. The summed E-state index contributed by atoms with van der Waals surface area (Å²) in [6.45, 7) is 2.46. The molecule has 1 aliphatic heterocycles. The third kappa shape index (κ3) is 6.19. The second-order valence-electron chi connectivity index (χ2n) is 7.43. The van der Waals surface area contributed by atoms with Crippen LogP contribution in [0.15, 0.2) is 72.0 Å². The fourth-order valence-corrected chi connectivity index (χ4v) is 3.76. The first-order valence-electron chi connectivity index (χ1n) is 10.3.